The molecular formula is C7H8O4S. The van der Waals surface area contributed by atoms with Gasteiger partial charge in [-0.25, -0.2) is 0 Å². The van der Waals surface area contributed by atoms with Gasteiger partial charge in [-0.3, -0.25) is 14.4 Å². The molecule has 0 aliphatic rings. The molecule has 5 heteroatoms. The number of carbonyl (C=O) groups is 3. The molecule has 0 N–H and O–H groups in total. The highest BCUT2D eigenvalue weighted by Crippen LogP contribution is 2.09. The van der Waals surface area contributed by atoms with E-state index in [0.717, 1.165) is 6.08 Å². The van der Waals surface area contributed by atoms with Gasteiger partial charge in [-0.15, -0.1) is 0 Å². The Hall–Kier alpha value is -1.10. The third-order valence-electron chi connectivity index (χ3n) is 0.959. The lowest BCUT2D eigenvalue weighted by Crippen LogP contribution is -2.17. The average molecular weight is 188 g/mol. The summed E-state index contributed by atoms with van der Waals surface area (Å²) in [5, 5.41) is -0.964. The Morgan fingerprint density at radius 1 is 1.58 bits per heavy atom. The van der Waals surface area contributed by atoms with E-state index in [1.807, 2.05) is 0 Å². The van der Waals surface area contributed by atoms with Crippen LogP contribution in [-0.2, 0) is 19.1 Å². The van der Waals surface area contributed by atoms with E-state index >= 15 is 0 Å². The molecule has 0 saturated carbocycles. The van der Waals surface area contributed by atoms with Crippen molar-refractivity contribution in [1.29, 1.82) is 0 Å². The summed E-state index contributed by atoms with van der Waals surface area (Å²) in [7, 11) is 0. The SMILES string of the molecule is C=CC(=O)SC(=O)C(C)OC=O. The number of carbonyl (C=O) groups excluding carboxylic acids is 3. The lowest BCUT2D eigenvalue weighted by atomic mass is 10.5. The standard InChI is InChI=1S/C7H8O4S/c1-3-6(9)12-7(10)5(2)11-4-8/h3-5H,1H2,2H3. The van der Waals surface area contributed by atoms with E-state index in [1.54, 1.807) is 0 Å². The Morgan fingerprint density at radius 2 is 2.17 bits per heavy atom. The van der Waals surface area contributed by atoms with E-state index in [4.69, 9.17) is 0 Å². The molecule has 0 aromatic carbocycles. The first-order valence-electron chi connectivity index (χ1n) is 3.09. The van der Waals surface area contributed by atoms with Gasteiger partial charge in [-0.1, -0.05) is 6.58 Å². The molecule has 1 atom stereocenters. The molecule has 0 aliphatic heterocycles. The van der Waals surface area contributed by atoms with Crippen molar-refractivity contribution in [3.63, 3.8) is 0 Å². The summed E-state index contributed by atoms with van der Waals surface area (Å²) in [5.74, 6) is 0. The van der Waals surface area contributed by atoms with E-state index < -0.39 is 16.3 Å². The normalized spacial score (nSPS) is 11.4. The lowest BCUT2D eigenvalue weighted by Gasteiger charge is -2.04. The molecule has 0 aromatic heterocycles. The second-order valence-corrected chi connectivity index (χ2v) is 2.83. The van der Waals surface area contributed by atoms with Crippen LogP contribution in [0.2, 0.25) is 0 Å². The Kier molecular flexibility index (Phi) is 5.03. The van der Waals surface area contributed by atoms with Crippen molar-refractivity contribution in [2.24, 2.45) is 0 Å². The van der Waals surface area contributed by atoms with Crippen LogP contribution in [0, 0.1) is 0 Å². The van der Waals surface area contributed by atoms with E-state index in [2.05, 4.69) is 11.3 Å². The van der Waals surface area contributed by atoms with Crippen molar-refractivity contribution in [3.05, 3.63) is 12.7 Å². The van der Waals surface area contributed by atoms with Gasteiger partial charge in [0.05, 0.1) is 0 Å². The number of hydrogen-bond acceptors (Lipinski definition) is 5. The molecule has 12 heavy (non-hydrogen) atoms. The van der Waals surface area contributed by atoms with Crippen LogP contribution in [0.3, 0.4) is 0 Å². The molecule has 0 spiro atoms. The molecule has 0 fully saturated rings. The molecule has 1 unspecified atom stereocenters. The monoisotopic (exact) mass is 188 g/mol. The van der Waals surface area contributed by atoms with Crippen LogP contribution in [0.4, 0.5) is 0 Å². The van der Waals surface area contributed by atoms with Crippen LogP contribution in [-0.4, -0.2) is 22.8 Å². The maximum atomic E-state index is 10.9. The van der Waals surface area contributed by atoms with E-state index in [0.29, 0.717) is 11.8 Å². The topological polar surface area (TPSA) is 60.4 Å². The van der Waals surface area contributed by atoms with Crippen LogP contribution < -0.4 is 0 Å². The fraction of sp³-hybridized carbons (Fsp3) is 0.286. The van der Waals surface area contributed by atoms with E-state index in [9.17, 15) is 14.4 Å². The van der Waals surface area contributed by atoms with Gasteiger partial charge in [0.1, 0.15) is 0 Å². The van der Waals surface area contributed by atoms with Crippen molar-refractivity contribution in [2.75, 3.05) is 0 Å². The van der Waals surface area contributed by atoms with Crippen LogP contribution in [0.5, 0.6) is 0 Å². The molecular weight excluding hydrogens is 180 g/mol. The highest BCUT2D eigenvalue weighted by atomic mass is 32.2. The molecule has 0 bridgehead atoms. The molecule has 0 aliphatic carbocycles. The van der Waals surface area contributed by atoms with Gasteiger partial charge in [-0.2, -0.15) is 0 Å². The van der Waals surface area contributed by atoms with E-state index in [-0.39, 0.29) is 6.47 Å². The molecule has 0 aromatic rings. The van der Waals surface area contributed by atoms with Gasteiger partial charge in [0, 0.05) is 0 Å². The highest BCUT2D eigenvalue weighted by Gasteiger charge is 2.16. The predicted molar refractivity (Wildman–Crippen MR) is 44.4 cm³/mol. The minimum absolute atomic E-state index is 0.168. The summed E-state index contributed by atoms with van der Waals surface area (Å²) in [5.41, 5.74) is 0. The summed E-state index contributed by atoms with van der Waals surface area (Å²) in [6.07, 6.45) is 0.132. The summed E-state index contributed by atoms with van der Waals surface area (Å²) < 4.78 is 4.31. The largest absolute Gasteiger partial charge is 0.456 e. The van der Waals surface area contributed by atoms with Crippen molar-refractivity contribution in [1.82, 2.24) is 0 Å². The molecule has 4 nitrogen and oxygen atoms in total. The quantitative estimate of drug-likeness (QED) is 0.475. The maximum absolute atomic E-state index is 10.9. The zero-order chi connectivity index (χ0) is 9.56. The zero-order valence-corrected chi connectivity index (χ0v) is 7.30. The zero-order valence-electron chi connectivity index (χ0n) is 6.48. The number of thioether (sulfide) groups is 1. The van der Waals surface area contributed by atoms with Crippen LogP contribution in [0.1, 0.15) is 6.92 Å². The maximum Gasteiger partial charge on any atom is 0.293 e. The van der Waals surface area contributed by atoms with Gasteiger partial charge < -0.3 is 4.74 Å². The number of rotatable bonds is 4. The first-order chi connectivity index (χ1) is 5.61. The third-order valence-corrected chi connectivity index (χ3v) is 1.86. The Bertz CT molecular complexity index is 211. The second-order valence-electron chi connectivity index (χ2n) is 1.82. The van der Waals surface area contributed by atoms with Crippen LogP contribution >= 0.6 is 11.8 Å². The number of ether oxygens (including phenoxy) is 1. The van der Waals surface area contributed by atoms with Crippen LogP contribution in [0.25, 0.3) is 0 Å². The molecule has 0 radical (unpaired) electrons. The lowest BCUT2D eigenvalue weighted by molar-refractivity contribution is -0.138. The minimum atomic E-state index is -0.892. The Balaban J connectivity index is 3.94. The van der Waals surface area contributed by atoms with Crippen LogP contribution in [0.15, 0.2) is 12.7 Å². The first kappa shape index (κ1) is 10.9. The summed E-state index contributed by atoms with van der Waals surface area (Å²) in [6.45, 7) is 4.74. The van der Waals surface area contributed by atoms with Crippen molar-refractivity contribution >= 4 is 28.5 Å². The Labute approximate surface area is 74.0 Å². The van der Waals surface area contributed by atoms with E-state index in [1.165, 1.54) is 6.92 Å². The fourth-order valence-electron chi connectivity index (χ4n) is 0.363. The average Bonchev–Trinajstić information content (AvgIpc) is 2.04. The summed E-state index contributed by atoms with van der Waals surface area (Å²) in [4.78, 5) is 31.3. The molecule has 0 saturated heterocycles. The van der Waals surface area contributed by atoms with Gasteiger partial charge >= 0.3 is 0 Å². The van der Waals surface area contributed by atoms with Crippen molar-refractivity contribution in [2.45, 2.75) is 13.0 Å². The van der Waals surface area contributed by atoms with Gasteiger partial charge in [0.25, 0.3) is 6.47 Å². The van der Waals surface area contributed by atoms with Gasteiger partial charge in [0.2, 0.25) is 10.2 Å². The molecule has 0 rings (SSSR count). The van der Waals surface area contributed by atoms with Crippen molar-refractivity contribution < 1.29 is 19.1 Å². The summed E-state index contributed by atoms with van der Waals surface area (Å²) in [6, 6.07) is 0. The smallest absolute Gasteiger partial charge is 0.293 e. The van der Waals surface area contributed by atoms with Gasteiger partial charge in [-0.05, 0) is 24.8 Å². The molecule has 0 heterocycles. The Morgan fingerprint density at radius 3 is 2.58 bits per heavy atom. The molecule has 66 valence electrons. The third kappa shape index (κ3) is 3.92. The van der Waals surface area contributed by atoms with Gasteiger partial charge in [0.15, 0.2) is 6.10 Å². The predicted octanol–water partition coefficient (Wildman–Crippen LogP) is 0.520. The first-order valence-corrected chi connectivity index (χ1v) is 3.90. The second kappa shape index (κ2) is 5.54. The minimum Gasteiger partial charge on any atom is -0.456 e. The fourth-order valence-corrected chi connectivity index (χ4v) is 0.866. The molecule has 0 amide bonds. The van der Waals surface area contributed by atoms with Crippen molar-refractivity contribution in [3.8, 4) is 0 Å². The number of hydrogen-bond donors (Lipinski definition) is 0. The highest BCUT2D eigenvalue weighted by molar-refractivity contribution is 8.26. The summed E-state index contributed by atoms with van der Waals surface area (Å²) >= 11 is 0.468.